The Balaban J connectivity index is 1.57. The van der Waals surface area contributed by atoms with Crippen LogP contribution in [-0.4, -0.2) is 18.2 Å². The fourth-order valence-electron chi connectivity index (χ4n) is 4.95. The number of benzene rings is 3. The highest BCUT2D eigenvalue weighted by Gasteiger charge is 2.31. The van der Waals surface area contributed by atoms with Crippen molar-refractivity contribution in [2.24, 2.45) is 5.92 Å². The molecule has 35 heavy (non-hydrogen) atoms. The molecule has 3 aromatic rings. The molecule has 1 aliphatic carbocycles. The lowest BCUT2D eigenvalue weighted by Gasteiger charge is -2.24. The summed E-state index contributed by atoms with van der Waals surface area (Å²) >= 11 is 0. The minimum atomic E-state index is -0.755. The van der Waals surface area contributed by atoms with E-state index in [0.29, 0.717) is 17.9 Å². The van der Waals surface area contributed by atoms with E-state index >= 15 is 0 Å². The second-order valence-electron chi connectivity index (χ2n) is 10.4. The van der Waals surface area contributed by atoms with Crippen LogP contribution in [0.2, 0.25) is 0 Å². The Bertz CT molecular complexity index is 1240. The molecule has 4 nitrogen and oxygen atoms in total. The van der Waals surface area contributed by atoms with Gasteiger partial charge >= 0.3 is 5.97 Å². The van der Waals surface area contributed by atoms with Crippen LogP contribution in [0.1, 0.15) is 62.3 Å². The highest BCUT2D eigenvalue weighted by molar-refractivity contribution is 5.72. The first-order valence-electron chi connectivity index (χ1n) is 12.0. The van der Waals surface area contributed by atoms with Gasteiger partial charge in [-0.25, -0.2) is 4.39 Å². The minimum absolute atomic E-state index is 0.0513. The molecule has 4 rings (SSSR count). The van der Waals surface area contributed by atoms with Crippen molar-refractivity contribution in [3.8, 4) is 22.6 Å². The van der Waals surface area contributed by atoms with Crippen LogP contribution in [0.25, 0.3) is 11.1 Å². The fraction of sp³-hybridized carbons (Fsp3) is 0.367. The van der Waals surface area contributed by atoms with Crippen molar-refractivity contribution in [3.63, 3.8) is 0 Å². The molecular formula is C30H33FO4. The summed E-state index contributed by atoms with van der Waals surface area (Å²) in [6, 6.07) is 16.8. The van der Waals surface area contributed by atoms with E-state index in [-0.39, 0.29) is 17.2 Å². The molecule has 0 amide bonds. The van der Waals surface area contributed by atoms with E-state index in [4.69, 9.17) is 9.47 Å². The maximum Gasteiger partial charge on any atom is 0.306 e. The maximum atomic E-state index is 14.7. The lowest BCUT2D eigenvalue weighted by atomic mass is 9.81. The number of rotatable bonds is 7. The Morgan fingerprint density at radius 3 is 2.49 bits per heavy atom. The third kappa shape index (κ3) is 5.19. The second kappa shape index (κ2) is 9.73. The summed E-state index contributed by atoms with van der Waals surface area (Å²) in [6.45, 7) is 8.51. The van der Waals surface area contributed by atoms with Crippen molar-refractivity contribution in [1.29, 1.82) is 0 Å². The van der Waals surface area contributed by atoms with Crippen LogP contribution in [0.15, 0.2) is 54.6 Å². The molecule has 184 valence electrons. The Kier molecular flexibility index (Phi) is 6.88. The molecule has 1 N–H and O–H groups in total. The zero-order valence-corrected chi connectivity index (χ0v) is 21.0. The Labute approximate surface area is 206 Å². The van der Waals surface area contributed by atoms with E-state index in [1.807, 2.05) is 30.3 Å². The maximum absolute atomic E-state index is 14.7. The van der Waals surface area contributed by atoms with Crippen molar-refractivity contribution < 1.29 is 23.8 Å². The first kappa shape index (κ1) is 24.8. The van der Waals surface area contributed by atoms with Gasteiger partial charge in [0, 0.05) is 5.56 Å². The number of ether oxygens (including phenoxy) is 2. The van der Waals surface area contributed by atoms with Crippen LogP contribution in [0.3, 0.4) is 0 Å². The average molecular weight is 477 g/mol. The topological polar surface area (TPSA) is 55.8 Å². The molecule has 0 bridgehead atoms. The summed E-state index contributed by atoms with van der Waals surface area (Å²) in [5.41, 5.74) is 5.47. The highest BCUT2D eigenvalue weighted by Crippen LogP contribution is 2.40. The van der Waals surface area contributed by atoms with Gasteiger partial charge in [0.05, 0.1) is 13.0 Å². The molecular weight excluding hydrogens is 443 g/mol. The number of aryl methyl sites for hydroxylation is 1. The van der Waals surface area contributed by atoms with Crippen LogP contribution in [-0.2, 0) is 23.2 Å². The summed E-state index contributed by atoms with van der Waals surface area (Å²) in [4.78, 5) is 11.4. The van der Waals surface area contributed by atoms with E-state index in [0.717, 1.165) is 40.8 Å². The molecule has 0 spiro atoms. The number of hydrogen-bond acceptors (Lipinski definition) is 3. The summed E-state index contributed by atoms with van der Waals surface area (Å²) < 4.78 is 26.2. The monoisotopic (exact) mass is 476 g/mol. The predicted molar refractivity (Wildman–Crippen MR) is 136 cm³/mol. The van der Waals surface area contributed by atoms with E-state index in [1.165, 1.54) is 11.6 Å². The van der Waals surface area contributed by atoms with Crippen molar-refractivity contribution in [2.45, 2.75) is 58.5 Å². The third-order valence-corrected chi connectivity index (χ3v) is 6.99. The first-order valence-corrected chi connectivity index (χ1v) is 12.0. The normalized spacial score (nSPS) is 16.0. The molecule has 1 unspecified atom stereocenters. The van der Waals surface area contributed by atoms with Gasteiger partial charge in [-0.3, -0.25) is 4.79 Å². The molecule has 0 heterocycles. The number of carbonyl (C=O) groups is 1. The van der Waals surface area contributed by atoms with Gasteiger partial charge < -0.3 is 14.6 Å². The molecule has 1 aliphatic rings. The molecule has 3 aromatic carbocycles. The van der Waals surface area contributed by atoms with Gasteiger partial charge in [-0.1, -0.05) is 52.0 Å². The summed E-state index contributed by atoms with van der Waals surface area (Å²) in [5.74, 6) is 0.00384. The molecule has 0 saturated carbocycles. The zero-order valence-electron chi connectivity index (χ0n) is 21.0. The minimum Gasteiger partial charge on any atom is -0.497 e. The van der Waals surface area contributed by atoms with Crippen LogP contribution in [0.5, 0.6) is 11.5 Å². The van der Waals surface area contributed by atoms with Crippen LogP contribution in [0.4, 0.5) is 4.39 Å². The van der Waals surface area contributed by atoms with Gasteiger partial charge in [-0.05, 0) is 82.3 Å². The fourth-order valence-corrected chi connectivity index (χ4v) is 4.95. The van der Waals surface area contributed by atoms with E-state index < -0.39 is 11.9 Å². The number of halogens is 1. The van der Waals surface area contributed by atoms with Crippen LogP contribution < -0.4 is 9.47 Å². The van der Waals surface area contributed by atoms with Crippen LogP contribution in [0, 0.1) is 11.7 Å². The van der Waals surface area contributed by atoms with Gasteiger partial charge in [0.15, 0.2) is 0 Å². The SMILES string of the molecule is COc1ccc(F)c(-c2ccc(COc3ccc4c(c3)CCC4[C@H](C)C(=O)O)cc2C(C)(C)C)c1. The number of carboxylic acids is 1. The summed E-state index contributed by atoms with van der Waals surface area (Å²) in [5, 5.41) is 9.39. The number of methoxy groups -OCH3 is 1. The molecule has 0 saturated heterocycles. The smallest absolute Gasteiger partial charge is 0.306 e. The molecule has 0 aliphatic heterocycles. The quantitative estimate of drug-likeness (QED) is 0.394. The van der Waals surface area contributed by atoms with Crippen molar-refractivity contribution in [1.82, 2.24) is 0 Å². The average Bonchev–Trinajstić information content (AvgIpc) is 3.25. The van der Waals surface area contributed by atoms with E-state index in [2.05, 4.69) is 26.8 Å². The van der Waals surface area contributed by atoms with Crippen molar-refractivity contribution in [2.75, 3.05) is 7.11 Å². The largest absolute Gasteiger partial charge is 0.497 e. The number of carboxylic acid groups (broad SMARTS) is 1. The molecule has 0 aromatic heterocycles. The number of aliphatic carboxylic acids is 1. The van der Waals surface area contributed by atoms with Crippen LogP contribution >= 0.6 is 0 Å². The standard InChI is InChI=1S/C30H33FO4/c1-18(29(32)33)23-11-7-20-15-22(8-12-24(20)23)35-17-19-6-10-25(27(14-19)30(2,3)4)26-16-21(34-5)9-13-28(26)31/h6,8-10,12-16,18,23H,7,11,17H2,1-5H3,(H,32,33)/t18-,23?/m0/s1. The molecule has 2 atom stereocenters. The Hall–Kier alpha value is -3.34. The zero-order chi connectivity index (χ0) is 25.3. The second-order valence-corrected chi connectivity index (χ2v) is 10.4. The van der Waals surface area contributed by atoms with Gasteiger partial charge in [0.25, 0.3) is 0 Å². The van der Waals surface area contributed by atoms with E-state index in [9.17, 15) is 14.3 Å². The number of fused-ring (bicyclic) bond motifs is 1. The first-order chi connectivity index (χ1) is 16.6. The van der Waals surface area contributed by atoms with Gasteiger partial charge in [-0.15, -0.1) is 0 Å². The summed E-state index contributed by atoms with van der Waals surface area (Å²) in [7, 11) is 1.58. The lowest BCUT2D eigenvalue weighted by Crippen LogP contribution is -2.17. The van der Waals surface area contributed by atoms with Crippen molar-refractivity contribution in [3.05, 3.63) is 82.7 Å². The lowest BCUT2D eigenvalue weighted by molar-refractivity contribution is -0.141. The van der Waals surface area contributed by atoms with E-state index in [1.54, 1.807) is 26.2 Å². The van der Waals surface area contributed by atoms with Gasteiger partial charge in [0.2, 0.25) is 0 Å². The molecule has 0 fully saturated rings. The highest BCUT2D eigenvalue weighted by atomic mass is 19.1. The Morgan fingerprint density at radius 2 is 1.80 bits per heavy atom. The Morgan fingerprint density at radius 1 is 1.06 bits per heavy atom. The number of hydrogen-bond donors (Lipinski definition) is 1. The third-order valence-electron chi connectivity index (χ3n) is 6.99. The van der Waals surface area contributed by atoms with Gasteiger partial charge in [-0.2, -0.15) is 0 Å². The summed E-state index contributed by atoms with van der Waals surface area (Å²) in [6.07, 6.45) is 1.72. The van der Waals surface area contributed by atoms with Crippen molar-refractivity contribution >= 4 is 5.97 Å². The molecule has 0 radical (unpaired) electrons. The molecule has 5 heteroatoms. The van der Waals surface area contributed by atoms with Gasteiger partial charge in [0.1, 0.15) is 23.9 Å². The predicted octanol–water partition coefficient (Wildman–Crippen LogP) is 7.13.